The van der Waals surface area contributed by atoms with Crippen LogP contribution in [0, 0.1) is 5.92 Å². The minimum atomic E-state index is -0.251. The van der Waals surface area contributed by atoms with Gasteiger partial charge in [0.1, 0.15) is 0 Å². The van der Waals surface area contributed by atoms with Gasteiger partial charge in [-0.15, -0.1) is 0 Å². The number of likely N-dealkylation sites (tertiary alicyclic amines) is 1. The lowest BCUT2D eigenvalue weighted by Crippen LogP contribution is -2.43. The summed E-state index contributed by atoms with van der Waals surface area (Å²) in [5, 5.41) is 6.94. The van der Waals surface area contributed by atoms with E-state index in [2.05, 4.69) is 4.90 Å². The number of piperidine rings is 1. The molecule has 0 spiro atoms. The Morgan fingerprint density at radius 1 is 1.03 bits per heavy atom. The normalized spacial score (nSPS) is 20.2. The molecular formula is C23H25ClN4O2. The maximum Gasteiger partial charge on any atom is 0.257 e. The number of hydrogen-bond acceptors (Lipinski definition) is 4. The Morgan fingerprint density at radius 2 is 1.70 bits per heavy atom. The molecule has 30 heavy (non-hydrogen) atoms. The van der Waals surface area contributed by atoms with Crippen molar-refractivity contribution < 1.29 is 9.59 Å². The summed E-state index contributed by atoms with van der Waals surface area (Å²) in [6.07, 6.45) is 2.00. The number of nitrogens with zero attached hydrogens (tertiary/aromatic N) is 3. The molecule has 1 saturated heterocycles. The predicted octanol–water partition coefficient (Wildman–Crippen LogP) is 3.22. The lowest BCUT2D eigenvalue weighted by atomic mass is 9.96. The van der Waals surface area contributed by atoms with Gasteiger partial charge in [0.15, 0.2) is 0 Å². The smallest absolute Gasteiger partial charge is 0.257 e. The highest BCUT2D eigenvalue weighted by Crippen LogP contribution is 2.34. The summed E-state index contributed by atoms with van der Waals surface area (Å²) < 4.78 is 0. The minimum absolute atomic E-state index is 0.0524. The number of hydrazone groups is 1. The van der Waals surface area contributed by atoms with Gasteiger partial charge < -0.3 is 5.73 Å². The van der Waals surface area contributed by atoms with Gasteiger partial charge in [0.2, 0.25) is 5.91 Å². The van der Waals surface area contributed by atoms with Crippen LogP contribution in [0.15, 0.2) is 59.7 Å². The second-order valence-corrected chi connectivity index (χ2v) is 8.26. The Morgan fingerprint density at radius 3 is 2.37 bits per heavy atom. The molecule has 1 atom stereocenters. The molecule has 1 fully saturated rings. The van der Waals surface area contributed by atoms with Gasteiger partial charge >= 0.3 is 0 Å². The number of primary amides is 1. The van der Waals surface area contributed by atoms with Crippen molar-refractivity contribution in [2.45, 2.75) is 25.3 Å². The standard InChI is InChI=1S/C23H25ClN4O2/c24-19-9-5-4-8-18(19)20-14-21(16-6-2-1-3-7-16)28(26-20)22(29)15-27-12-10-17(11-13-27)23(25)30/h1-9,17,21H,10-15H2,(H2,25,30)/t21-/m0/s1. The fraction of sp³-hybridized carbons (Fsp3) is 0.348. The molecule has 4 rings (SSSR count). The number of nitrogens with two attached hydrogens (primary N) is 1. The van der Waals surface area contributed by atoms with Crippen LogP contribution < -0.4 is 5.73 Å². The molecule has 2 amide bonds. The molecule has 6 nitrogen and oxygen atoms in total. The Kier molecular flexibility index (Phi) is 6.16. The second-order valence-electron chi connectivity index (χ2n) is 7.85. The summed E-state index contributed by atoms with van der Waals surface area (Å²) in [5.41, 5.74) is 8.14. The van der Waals surface area contributed by atoms with E-state index in [9.17, 15) is 9.59 Å². The molecule has 0 aromatic heterocycles. The van der Waals surface area contributed by atoms with Crippen LogP contribution in [-0.4, -0.2) is 47.1 Å². The topological polar surface area (TPSA) is 79.0 Å². The number of benzene rings is 2. The first-order chi connectivity index (χ1) is 14.5. The summed E-state index contributed by atoms with van der Waals surface area (Å²) in [6.45, 7) is 1.64. The van der Waals surface area contributed by atoms with Crippen LogP contribution in [0.3, 0.4) is 0 Å². The van der Waals surface area contributed by atoms with Gasteiger partial charge in [-0.3, -0.25) is 14.5 Å². The lowest BCUT2D eigenvalue weighted by molar-refractivity contribution is -0.134. The molecule has 0 radical (unpaired) electrons. The Labute approximate surface area is 181 Å². The molecule has 0 bridgehead atoms. The zero-order valence-electron chi connectivity index (χ0n) is 16.7. The van der Waals surface area contributed by atoms with Crippen molar-refractivity contribution in [3.8, 4) is 0 Å². The molecule has 156 valence electrons. The van der Waals surface area contributed by atoms with E-state index in [1.807, 2.05) is 54.6 Å². The minimum Gasteiger partial charge on any atom is -0.369 e. The number of carbonyl (C=O) groups is 2. The van der Waals surface area contributed by atoms with Crippen LogP contribution in [0.5, 0.6) is 0 Å². The van der Waals surface area contributed by atoms with Crippen molar-refractivity contribution in [3.63, 3.8) is 0 Å². The number of rotatable bonds is 5. The van der Waals surface area contributed by atoms with Gasteiger partial charge in [0.05, 0.1) is 18.3 Å². The monoisotopic (exact) mass is 424 g/mol. The third kappa shape index (κ3) is 4.40. The Balaban J connectivity index is 1.54. The molecule has 0 saturated carbocycles. The van der Waals surface area contributed by atoms with Gasteiger partial charge in [0, 0.05) is 22.9 Å². The van der Waals surface area contributed by atoms with Crippen LogP contribution in [0.4, 0.5) is 0 Å². The predicted molar refractivity (Wildman–Crippen MR) is 117 cm³/mol. The van der Waals surface area contributed by atoms with Crippen LogP contribution in [-0.2, 0) is 9.59 Å². The van der Waals surface area contributed by atoms with Gasteiger partial charge in [0.25, 0.3) is 5.91 Å². The molecule has 0 unspecified atom stereocenters. The van der Waals surface area contributed by atoms with Crippen LogP contribution in [0.1, 0.15) is 36.4 Å². The summed E-state index contributed by atoms with van der Waals surface area (Å²) in [4.78, 5) is 26.7. The average molecular weight is 425 g/mol. The Bertz CT molecular complexity index is 955. The van der Waals surface area contributed by atoms with Crippen molar-refractivity contribution in [1.29, 1.82) is 0 Å². The third-order valence-electron chi connectivity index (χ3n) is 5.88. The van der Waals surface area contributed by atoms with Crippen molar-refractivity contribution in [3.05, 3.63) is 70.7 Å². The highest BCUT2D eigenvalue weighted by molar-refractivity contribution is 6.34. The molecule has 2 aromatic rings. The number of hydrogen-bond donors (Lipinski definition) is 1. The SMILES string of the molecule is NC(=O)C1CCN(CC(=O)N2N=C(c3ccccc3Cl)C[C@H]2c2ccccc2)CC1. The molecule has 2 aliphatic heterocycles. The van der Waals surface area contributed by atoms with E-state index in [4.69, 9.17) is 22.4 Å². The summed E-state index contributed by atoms with van der Waals surface area (Å²) in [7, 11) is 0. The van der Waals surface area contributed by atoms with E-state index in [0.29, 0.717) is 37.4 Å². The van der Waals surface area contributed by atoms with Crippen molar-refractivity contribution >= 4 is 29.1 Å². The molecule has 2 aromatic carbocycles. The van der Waals surface area contributed by atoms with Crippen LogP contribution in [0.25, 0.3) is 0 Å². The summed E-state index contributed by atoms with van der Waals surface area (Å²) in [6, 6.07) is 17.4. The largest absolute Gasteiger partial charge is 0.369 e. The van der Waals surface area contributed by atoms with Gasteiger partial charge in [-0.2, -0.15) is 5.10 Å². The van der Waals surface area contributed by atoms with Crippen LogP contribution in [0.2, 0.25) is 5.02 Å². The summed E-state index contributed by atoms with van der Waals surface area (Å²) in [5.74, 6) is -0.396. The fourth-order valence-electron chi connectivity index (χ4n) is 4.17. The third-order valence-corrected chi connectivity index (χ3v) is 6.21. The van der Waals surface area contributed by atoms with E-state index in [-0.39, 0.29) is 30.3 Å². The molecule has 0 aliphatic carbocycles. The van der Waals surface area contributed by atoms with Gasteiger partial charge in [-0.05, 0) is 37.6 Å². The Hall–Kier alpha value is -2.70. The van der Waals surface area contributed by atoms with Gasteiger partial charge in [-0.1, -0.05) is 60.1 Å². The quantitative estimate of drug-likeness (QED) is 0.800. The molecular weight excluding hydrogens is 400 g/mol. The molecule has 2 heterocycles. The van der Waals surface area contributed by atoms with Crippen molar-refractivity contribution in [1.82, 2.24) is 9.91 Å². The maximum absolute atomic E-state index is 13.2. The van der Waals surface area contributed by atoms with E-state index in [1.54, 1.807) is 5.01 Å². The first kappa shape index (κ1) is 20.6. The van der Waals surface area contributed by atoms with E-state index < -0.39 is 0 Å². The summed E-state index contributed by atoms with van der Waals surface area (Å²) >= 11 is 6.39. The van der Waals surface area contributed by atoms with Crippen molar-refractivity contribution in [2.24, 2.45) is 16.8 Å². The second kappa shape index (κ2) is 8.98. The maximum atomic E-state index is 13.2. The lowest BCUT2D eigenvalue weighted by Gasteiger charge is -2.31. The number of amides is 2. The van der Waals surface area contributed by atoms with Gasteiger partial charge in [-0.25, -0.2) is 5.01 Å². The zero-order chi connectivity index (χ0) is 21.1. The number of carbonyl (C=O) groups excluding carboxylic acids is 2. The fourth-order valence-corrected chi connectivity index (χ4v) is 4.42. The van der Waals surface area contributed by atoms with E-state index in [0.717, 1.165) is 16.8 Å². The molecule has 7 heteroatoms. The van der Waals surface area contributed by atoms with E-state index >= 15 is 0 Å². The van der Waals surface area contributed by atoms with Crippen LogP contribution >= 0.6 is 11.6 Å². The van der Waals surface area contributed by atoms with E-state index in [1.165, 1.54) is 0 Å². The first-order valence-electron chi connectivity index (χ1n) is 10.2. The molecule has 2 aliphatic rings. The molecule has 2 N–H and O–H groups in total. The number of halogens is 1. The first-order valence-corrected chi connectivity index (χ1v) is 10.6. The highest BCUT2D eigenvalue weighted by atomic mass is 35.5. The highest BCUT2D eigenvalue weighted by Gasteiger charge is 2.35. The zero-order valence-corrected chi connectivity index (χ0v) is 17.5. The van der Waals surface area contributed by atoms with Crippen molar-refractivity contribution in [2.75, 3.05) is 19.6 Å². The average Bonchev–Trinajstić information content (AvgIpc) is 3.20.